The van der Waals surface area contributed by atoms with Crippen LogP contribution in [0.5, 0.6) is 0 Å². The Morgan fingerprint density at radius 1 is 1.05 bits per heavy atom. The summed E-state index contributed by atoms with van der Waals surface area (Å²) in [6.07, 6.45) is 5.08. The van der Waals surface area contributed by atoms with Crippen molar-refractivity contribution in [2.24, 2.45) is 0 Å². The van der Waals surface area contributed by atoms with E-state index < -0.39 is 15.6 Å². The average molecular weight is 347 g/mol. The van der Waals surface area contributed by atoms with Gasteiger partial charge in [-0.15, -0.1) is 0 Å². The summed E-state index contributed by atoms with van der Waals surface area (Å²) in [6, 6.07) is 0. The Kier molecular flexibility index (Phi) is 13.0. The quantitative estimate of drug-likeness (QED) is 0.489. The van der Waals surface area contributed by atoms with E-state index in [-0.39, 0.29) is 0 Å². The molecule has 1 aromatic rings. The Hall–Kier alpha value is -0.570. The summed E-state index contributed by atoms with van der Waals surface area (Å²) in [4.78, 5) is 39.8. The molecule has 0 saturated heterocycles. The van der Waals surface area contributed by atoms with Gasteiger partial charge < -0.3 is 29.5 Å². The largest absolute Gasteiger partial charge is 0.478 e. The van der Waals surface area contributed by atoms with Gasteiger partial charge >= 0.3 is 15.6 Å². The third-order valence-electron chi connectivity index (χ3n) is 1.96. The molecule has 10 nitrogen and oxygen atoms in total. The molecule has 0 atom stereocenters. The van der Waals surface area contributed by atoms with Gasteiger partial charge in [-0.25, -0.2) is 14.1 Å². The number of hydrogen-bond acceptors (Lipinski definition) is 5. The second kappa shape index (κ2) is 12.0. The summed E-state index contributed by atoms with van der Waals surface area (Å²) in [5.74, 6) is 0. The molecule has 0 saturated carbocycles. The number of rotatable bonds is 5. The molecule has 0 aromatic carbocycles. The van der Waals surface area contributed by atoms with Crippen LogP contribution in [0.2, 0.25) is 0 Å². The van der Waals surface area contributed by atoms with Crippen LogP contribution < -0.4 is 0 Å². The average Bonchev–Trinajstić information content (AvgIpc) is 2.85. The minimum Gasteiger partial charge on any atom is -0.351 e. The molecule has 0 fully saturated rings. The fourth-order valence-electron chi connectivity index (χ4n) is 1.02. The SMILES string of the molecule is CCN(CC)CC.O=P(O)(O)OP(=O)(O)O.c1c[nH]cn1. The third kappa shape index (κ3) is 21.9. The van der Waals surface area contributed by atoms with Crippen LogP contribution in [0.25, 0.3) is 0 Å². The molecule has 0 aliphatic heterocycles. The van der Waals surface area contributed by atoms with Crippen LogP contribution in [0.1, 0.15) is 20.8 Å². The van der Waals surface area contributed by atoms with Crippen molar-refractivity contribution in [1.29, 1.82) is 0 Å². The van der Waals surface area contributed by atoms with E-state index in [1.54, 1.807) is 18.7 Å². The Morgan fingerprint density at radius 3 is 1.52 bits per heavy atom. The molecule has 0 bridgehead atoms. The van der Waals surface area contributed by atoms with E-state index in [0.717, 1.165) is 0 Å². The van der Waals surface area contributed by atoms with Crippen molar-refractivity contribution in [3.63, 3.8) is 0 Å². The number of aromatic amines is 1. The van der Waals surface area contributed by atoms with E-state index in [0.29, 0.717) is 0 Å². The Labute approximate surface area is 123 Å². The number of imidazole rings is 1. The van der Waals surface area contributed by atoms with Crippen LogP contribution in [-0.4, -0.2) is 54.1 Å². The van der Waals surface area contributed by atoms with Gasteiger partial charge in [0, 0.05) is 12.4 Å². The maximum Gasteiger partial charge on any atom is 0.478 e. The second-order valence-corrected chi connectivity index (χ2v) is 6.06. The van der Waals surface area contributed by atoms with Crippen molar-refractivity contribution in [2.45, 2.75) is 20.8 Å². The maximum atomic E-state index is 9.63. The monoisotopic (exact) mass is 347 g/mol. The molecule has 0 unspecified atom stereocenters. The van der Waals surface area contributed by atoms with Crippen molar-refractivity contribution in [1.82, 2.24) is 14.9 Å². The Balaban J connectivity index is 0. The number of aromatic nitrogens is 2. The van der Waals surface area contributed by atoms with Gasteiger partial charge in [-0.2, -0.15) is 4.31 Å². The molecule has 0 radical (unpaired) electrons. The first-order valence-electron chi connectivity index (χ1n) is 6.03. The third-order valence-corrected chi connectivity index (χ3v) is 3.66. The highest BCUT2D eigenvalue weighted by Gasteiger charge is 2.27. The first-order valence-corrected chi connectivity index (χ1v) is 9.09. The number of nitrogens with one attached hydrogen (secondary N) is 1. The van der Waals surface area contributed by atoms with Gasteiger partial charge in [-0.05, 0) is 19.6 Å². The summed E-state index contributed by atoms with van der Waals surface area (Å²) >= 11 is 0. The summed E-state index contributed by atoms with van der Waals surface area (Å²) < 4.78 is 22.2. The lowest BCUT2D eigenvalue weighted by Crippen LogP contribution is -2.21. The van der Waals surface area contributed by atoms with Crippen molar-refractivity contribution in [3.05, 3.63) is 18.7 Å². The predicted molar refractivity (Wildman–Crippen MR) is 77.2 cm³/mol. The van der Waals surface area contributed by atoms with Crippen LogP contribution in [0.4, 0.5) is 0 Å². The minimum absolute atomic E-state index is 1.19. The van der Waals surface area contributed by atoms with Gasteiger partial charge in [0.2, 0.25) is 0 Å². The lowest BCUT2D eigenvalue weighted by atomic mass is 10.5. The molecule has 0 aliphatic carbocycles. The number of H-pyrrole nitrogens is 1. The van der Waals surface area contributed by atoms with E-state index in [2.05, 4.69) is 39.9 Å². The molecule has 0 amide bonds. The highest BCUT2D eigenvalue weighted by molar-refractivity contribution is 7.60. The standard InChI is InChI=1S/C6H15N.C3H4N2.H4O7P2/c1-4-7(5-2)6-3;1-2-5-3-4-1;1-8(2,3)7-9(4,5)6/h4-6H2,1-3H3;1-3H,(H,4,5);(H2,1,2,3)(H2,4,5,6). The number of nitrogens with zero attached hydrogens (tertiary/aromatic N) is 2. The van der Waals surface area contributed by atoms with Crippen molar-refractivity contribution in [3.8, 4) is 0 Å². The zero-order chi connectivity index (χ0) is 16.9. The van der Waals surface area contributed by atoms with E-state index in [4.69, 9.17) is 19.6 Å². The van der Waals surface area contributed by atoms with Crippen molar-refractivity contribution < 1.29 is 33.0 Å². The van der Waals surface area contributed by atoms with E-state index in [1.807, 2.05) is 0 Å². The van der Waals surface area contributed by atoms with Crippen LogP contribution in [0, 0.1) is 0 Å². The predicted octanol–water partition coefficient (Wildman–Crippen LogP) is 0.946. The Bertz CT molecular complexity index is 370. The van der Waals surface area contributed by atoms with Gasteiger partial charge in [0.25, 0.3) is 0 Å². The molecule has 5 N–H and O–H groups in total. The summed E-state index contributed by atoms with van der Waals surface area (Å²) in [5.41, 5.74) is 0. The molecule has 1 heterocycles. The maximum absolute atomic E-state index is 9.63. The summed E-state index contributed by atoms with van der Waals surface area (Å²) in [7, 11) is -10.1. The molecule has 1 aromatic heterocycles. The lowest BCUT2D eigenvalue weighted by molar-refractivity contribution is 0.225. The van der Waals surface area contributed by atoms with Crippen molar-refractivity contribution >= 4 is 15.6 Å². The highest BCUT2D eigenvalue weighted by atomic mass is 31.3. The molecule has 21 heavy (non-hydrogen) atoms. The van der Waals surface area contributed by atoms with Crippen LogP contribution >= 0.6 is 15.6 Å². The number of phosphoric acid groups is 2. The summed E-state index contributed by atoms with van der Waals surface area (Å²) in [6.45, 7) is 10.1. The molecule has 126 valence electrons. The molecule has 0 aliphatic rings. The smallest absolute Gasteiger partial charge is 0.351 e. The van der Waals surface area contributed by atoms with Gasteiger partial charge in [0.1, 0.15) is 0 Å². The van der Waals surface area contributed by atoms with E-state index in [9.17, 15) is 9.13 Å². The minimum atomic E-state index is -5.05. The number of hydrogen-bond donors (Lipinski definition) is 5. The molecular formula is C9H23N3O7P2. The van der Waals surface area contributed by atoms with Gasteiger partial charge in [-0.1, -0.05) is 20.8 Å². The molecule has 1 rings (SSSR count). The fraction of sp³-hybridized carbons (Fsp3) is 0.667. The zero-order valence-corrected chi connectivity index (χ0v) is 13.9. The van der Waals surface area contributed by atoms with Crippen molar-refractivity contribution in [2.75, 3.05) is 19.6 Å². The fourth-order valence-corrected chi connectivity index (χ4v) is 2.13. The zero-order valence-electron chi connectivity index (χ0n) is 12.2. The van der Waals surface area contributed by atoms with E-state index in [1.165, 1.54) is 19.6 Å². The topological polar surface area (TPSA) is 156 Å². The second-order valence-electron chi connectivity index (χ2n) is 3.44. The first kappa shape index (κ1) is 22.7. The van der Waals surface area contributed by atoms with Gasteiger partial charge in [0.15, 0.2) is 0 Å². The summed E-state index contributed by atoms with van der Waals surface area (Å²) in [5, 5.41) is 0. The van der Waals surface area contributed by atoms with Gasteiger partial charge in [0.05, 0.1) is 6.33 Å². The molecular weight excluding hydrogens is 324 g/mol. The normalized spacial score (nSPS) is 11.2. The van der Waals surface area contributed by atoms with Gasteiger partial charge in [-0.3, -0.25) is 0 Å². The lowest BCUT2D eigenvalue weighted by Gasteiger charge is -2.13. The molecule has 12 heteroatoms. The van der Waals surface area contributed by atoms with Crippen LogP contribution in [0.15, 0.2) is 18.7 Å². The Morgan fingerprint density at radius 2 is 1.48 bits per heavy atom. The first-order chi connectivity index (χ1) is 9.55. The van der Waals surface area contributed by atoms with E-state index >= 15 is 0 Å². The highest BCUT2D eigenvalue weighted by Crippen LogP contribution is 2.53. The van der Waals surface area contributed by atoms with Crippen LogP contribution in [0.3, 0.4) is 0 Å². The van der Waals surface area contributed by atoms with Crippen LogP contribution in [-0.2, 0) is 13.4 Å². The molecule has 0 spiro atoms.